The summed E-state index contributed by atoms with van der Waals surface area (Å²) in [6, 6.07) is 18.7. The molecule has 5 rings (SSSR count). The van der Waals surface area contributed by atoms with Crippen LogP contribution in [0.25, 0.3) is 0 Å². The highest BCUT2D eigenvalue weighted by Gasteiger charge is 2.55. The summed E-state index contributed by atoms with van der Waals surface area (Å²) in [5.74, 6) is -3.67. The van der Waals surface area contributed by atoms with Crippen LogP contribution in [-0.4, -0.2) is 59.2 Å². The van der Waals surface area contributed by atoms with Gasteiger partial charge in [0.2, 0.25) is 0 Å². The molecule has 2 amide bonds. The molecular formula is C31H29ClF3N4O4+. The largest absolute Gasteiger partial charge is 0.497 e. The zero-order valence-corrected chi connectivity index (χ0v) is 23.8. The summed E-state index contributed by atoms with van der Waals surface area (Å²) in [6.07, 6.45) is -2.29. The summed E-state index contributed by atoms with van der Waals surface area (Å²) in [7, 11) is 0. The quantitative estimate of drug-likeness (QED) is 0.221. The number of piperidine rings is 1. The van der Waals surface area contributed by atoms with Crippen LogP contribution in [0.3, 0.4) is 0 Å². The summed E-state index contributed by atoms with van der Waals surface area (Å²) in [5, 5.41) is 8.98. The van der Waals surface area contributed by atoms with E-state index in [0.29, 0.717) is 27.5 Å². The Morgan fingerprint density at radius 2 is 1.49 bits per heavy atom. The van der Waals surface area contributed by atoms with Gasteiger partial charge in [0, 0.05) is 46.4 Å². The second-order valence-corrected chi connectivity index (χ2v) is 11.0. The molecule has 2 aliphatic heterocycles. The Kier molecular flexibility index (Phi) is 8.57. The van der Waals surface area contributed by atoms with Crippen LogP contribution < -0.4 is 4.65 Å². The van der Waals surface area contributed by atoms with Gasteiger partial charge >= 0.3 is 18.1 Å². The number of para-hydroxylation sites is 1. The number of hydroxylamine groups is 2. The molecule has 0 spiro atoms. The van der Waals surface area contributed by atoms with Crippen molar-refractivity contribution >= 4 is 40.9 Å². The van der Waals surface area contributed by atoms with Gasteiger partial charge in [-0.15, -0.1) is 0 Å². The second-order valence-electron chi connectivity index (χ2n) is 10.6. The van der Waals surface area contributed by atoms with Gasteiger partial charge in [-0.05, 0) is 48.2 Å². The van der Waals surface area contributed by atoms with Crippen molar-refractivity contribution in [2.75, 3.05) is 19.6 Å². The number of amidine groups is 1. The molecule has 2 aliphatic rings. The molecule has 1 atom stereocenters. The number of amides is 2. The van der Waals surface area contributed by atoms with Crippen molar-refractivity contribution in [3.63, 3.8) is 0 Å². The average molecular weight is 614 g/mol. The minimum Gasteiger partial charge on any atom is -0.357 e. The van der Waals surface area contributed by atoms with Crippen molar-refractivity contribution in [2.45, 2.75) is 38.5 Å². The molecule has 1 N–H and O–H groups in total. The monoisotopic (exact) mass is 613 g/mol. The number of alkyl halides is 3. The first kappa shape index (κ1) is 30.2. The lowest BCUT2D eigenvalue weighted by Crippen LogP contribution is -2.58. The number of nitrogens with one attached hydrogen (secondary N) is 1. The predicted octanol–water partition coefficient (Wildman–Crippen LogP) is 5.86. The number of likely N-dealkylation sites (tertiary alicyclic amines) is 1. The van der Waals surface area contributed by atoms with E-state index >= 15 is 0 Å². The van der Waals surface area contributed by atoms with Gasteiger partial charge in [-0.25, -0.2) is 9.59 Å². The molecular weight excluding hydrogens is 585 g/mol. The molecule has 0 radical (unpaired) electrons. The third-order valence-electron chi connectivity index (χ3n) is 7.62. The summed E-state index contributed by atoms with van der Waals surface area (Å²) < 4.78 is 39.4. The Hall–Kier alpha value is -4.22. The fourth-order valence-electron chi connectivity index (χ4n) is 5.41. The third kappa shape index (κ3) is 6.42. The number of quaternary nitrogens is 1. The first-order valence-corrected chi connectivity index (χ1v) is 14.1. The first-order valence-electron chi connectivity index (χ1n) is 13.8. The highest BCUT2D eigenvalue weighted by Crippen LogP contribution is 2.37. The molecule has 12 heteroatoms. The van der Waals surface area contributed by atoms with Crippen LogP contribution >= 0.6 is 11.6 Å². The van der Waals surface area contributed by atoms with Crippen molar-refractivity contribution in [2.24, 2.45) is 0 Å². The minimum atomic E-state index is -5.38. The SMILES string of the molecule is N=C(c1ccc(C[N+]2(OC(=O)C(F)(F)F)C(=O)CN(C(=O)c3ccc(Cl)cc3)Cc3ccccc32)cc1)N1CCCCC1. The lowest BCUT2D eigenvalue weighted by atomic mass is 10.1. The molecule has 1 saturated heterocycles. The summed E-state index contributed by atoms with van der Waals surface area (Å²) in [6.45, 7) is 0.338. The summed E-state index contributed by atoms with van der Waals surface area (Å²) >= 11 is 5.95. The molecule has 224 valence electrons. The van der Waals surface area contributed by atoms with Crippen LogP contribution in [0.2, 0.25) is 5.02 Å². The molecule has 0 aromatic heterocycles. The van der Waals surface area contributed by atoms with Crippen molar-refractivity contribution in [1.29, 1.82) is 5.41 Å². The van der Waals surface area contributed by atoms with Crippen LogP contribution in [0, 0.1) is 5.41 Å². The number of benzene rings is 3. The maximum Gasteiger partial charge on any atom is 0.497 e. The van der Waals surface area contributed by atoms with Crippen molar-refractivity contribution < 1.29 is 32.4 Å². The predicted molar refractivity (Wildman–Crippen MR) is 154 cm³/mol. The molecule has 2 heterocycles. The maximum atomic E-state index is 14.0. The molecule has 1 fully saturated rings. The highest BCUT2D eigenvalue weighted by atomic mass is 35.5. The van der Waals surface area contributed by atoms with Crippen molar-refractivity contribution in [1.82, 2.24) is 14.4 Å². The van der Waals surface area contributed by atoms with Crippen LogP contribution in [0.4, 0.5) is 18.9 Å². The summed E-state index contributed by atoms with van der Waals surface area (Å²) in [5.41, 5.74) is 1.60. The van der Waals surface area contributed by atoms with Gasteiger partial charge in [-0.3, -0.25) is 15.0 Å². The van der Waals surface area contributed by atoms with Crippen LogP contribution in [0.1, 0.15) is 46.3 Å². The zero-order chi connectivity index (χ0) is 30.8. The number of hydrogen-bond acceptors (Lipinski definition) is 5. The molecule has 3 aromatic carbocycles. The molecule has 3 aromatic rings. The number of fused-ring (bicyclic) bond motifs is 1. The second kappa shape index (κ2) is 12.2. The molecule has 0 bridgehead atoms. The van der Waals surface area contributed by atoms with E-state index in [1.807, 2.05) is 4.90 Å². The lowest BCUT2D eigenvalue weighted by molar-refractivity contribution is -0.235. The van der Waals surface area contributed by atoms with E-state index < -0.39 is 41.7 Å². The van der Waals surface area contributed by atoms with Crippen molar-refractivity contribution in [3.05, 3.63) is 100 Å². The number of rotatable bonds is 5. The number of nitrogens with zero attached hydrogens (tertiary/aromatic N) is 3. The highest BCUT2D eigenvalue weighted by molar-refractivity contribution is 6.30. The van der Waals surface area contributed by atoms with Gasteiger partial charge in [-0.2, -0.15) is 13.2 Å². The van der Waals surface area contributed by atoms with Crippen molar-refractivity contribution in [3.8, 4) is 0 Å². The fraction of sp³-hybridized carbons (Fsp3) is 0.290. The summed E-state index contributed by atoms with van der Waals surface area (Å²) in [4.78, 5) is 48.1. The van der Waals surface area contributed by atoms with E-state index in [1.54, 1.807) is 36.4 Å². The van der Waals surface area contributed by atoms with E-state index in [4.69, 9.17) is 21.8 Å². The van der Waals surface area contributed by atoms with Crippen LogP contribution in [0.5, 0.6) is 0 Å². The van der Waals surface area contributed by atoms with Gasteiger partial charge < -0.3 is 9.80 Å². The van der Waals surface area contributed by atoms with E-state index in [1.165, 1.54) is 41.3 Å². The Labute approximate surface area is 251 Å². The smallest absolute Gasteiger partial charge is 0.357 e. The Bertz CT molecular complexity index is 1540. The number of carbonyl (C=O) groups excluding carboxylic acids is 3. The Morgan fingerprint density at radius 3 is 2.14 bits per heavy atom. The van der Waals surface area contributed by atoms with Crippen LogP contribution in [-0.2, 0) is 27.5 Å². The van der Waals surface area contributed by atoms with Gasteiger partial charge in [0.25, 0.3) is 5.91 Å². The topological polar surface area (TPSA) is 90.8 Å². The average Bonchev–Trinajstić information content (AvgIpc) is 3.11. The van der Waals surface area contributed by atoms with E-state index in [-0.39, 0.29) is 17.8 Å². The van der Waals surface area contributed by atoms with E-state index in [2.05, 4.69) is 0 Å². The van der Waals surface area contributed by atoms with E-state index in [9.17, 15) is 27.6 Å². The normalized spacial score (nSPS) is 18.9. The van der Waals surface area contributed by atoms with Gasteiger partial charge in [0.1, 0.15) is 12.4 Å². The lowest BCUT2D eigenvalue weighted by Gasteiger charge is -2.32. The van der Waals surface area contributed by atoms with Crippen LogP contribution in [0.15, 0.2) is 72.8 Å². The molecule has 1 unspecified atom stereocenters. The van der Waals surface area contributed by atoms with Gasteiger partial charge in [-0.1, -0.05) is 54.1 Å². The molecule has 0 saturated carbocycles. The minimum absolute atomic E-state index is 0.0154. The fourth-order valence-corrected chi connectivity index (χ4v) is 5.54. The molecule has 0 aliphatic carbocycles. The molecule has 43 heavy (non-hydrogen) atoms. The van der Waals surface area contributed by atoms with Gasteiger partial charge in [0.15, 0.2) is 12.2 Å². The number of hydrogen-bond donors (Lipinski definition) is 1. The van der Waals surface area contributed by atoms with E-state index in [0.717, 1.165) is 32.4 Å². The number of halogens is 4. The van der Waals surface area contributed by atoms with Gasteiger partial charge in [0.05, 0.1) is 6.54 Å². The third-order valence-corrected chi connectivity index (χ3v) is 7.88. The zero-order valence-electron chi connectivity index (χ0n) is 23.1. The number of carbonyl (C=O) groups is 3. The first-order chi connectivity index (χ1) is 20.5. The molecule has 8 nitrogen and oxygen atoms in total. The standard InChI is InChI=1S/C31H29ClF3N4O4/c32-25-14-12-23(13-15-25)29(41)38-18-24-6-2-3-7-26(24)39(27(40)19-38,43-30(42)31(33,34)35)20-21-8-10-22(11-9-21)28(36)37-16-4-1-5-17-37/h2-3,6-15,36H,1,4-5,16-20H2/q+1. The maximum absolute atomic E-state index is 14.0. The Morgan fingerprint density at radius 1 is 0.860 bits per heavy atom. The Balaban J connectivity index is 1.53.